The second-order valence-electron chi connectivity index (χ2n) is 5.41. The molecule has 2 heterocycles. The van der Waals surface area contributed by atoms with Gasteiger partial charge in [-0.2, -0.15) is 18.2 Å². The molecule has 2 aromatic heterocycles. The van der Waals surface area contributed by atoms with E-state index in [0.29, 0.717) is 21.2 Å². The molecule has 0 bridgehead atoms. The standard InChI is InChI=1S/C16H10ClF3N4O3/c17-9-3-1-8(2-4-9)14-22-12(23-27-14)7-24-11(16(18,19)20)6-5-10(13(21)25)15(24)26/h1-6H,7H2,(H2,21,25). The van der Waals surface area contributed by atoms with Crippen LogP contribution in [0.3, 0.4) is 0 Å². The molecule has 0 aliphatic heterocycles. The van der Waals surface area contributed by atoms with Gasteiger partial charge in [-0.05, 0) is 36.4 Å². The van der Waals surface area contributed by atoms with Crippen molar-refractivity contribution in [3.05, 3.63) is 68.9 Å². The van der Waals surface area contributed by atoms with E-state index in [4.69, 9.17) is 21.9 Å². The van der Waals surface area contributed by atoms with E-state index in [1.807, 2.05) is 0 Å². The topological polar surface area (TPSA) is 104 Å². The van der Waals surface area contributed by atoms with Crippen LogP contribution in [-0.2, 0) is 12.7 Å². The second-order valence-corrected chi connectivity index (χ2v) is 5.84. The fourth-order valence-electron chi connectivity index (χ4n) is 2.34. The van der Waals surface area contributed by atoms with Crippen LogP contribution in [0.5, 0.6) is 0 Å². The van der Waals surface area contributed by atoms with Gasteiger partial charge < -0.3 is 10.3 Å². The summed E-state index contributed by atoms with van der Waals surface area (Å²) in [7, 11) is 0. The Hall–Kier alpha value is -3.14. The number of carbonyl (C=O) groups excluding carboxylic acids is 1. The number of carbonyl (C=O) groups is 1. The van der Waals surface area contributed by atoms with Gasteiger partial charge in [0.05, 0.1) is 6.54 Å². The molecule has 0 unspecified atom stereocenters. The number of amides is 1. The maximum Gasteiger partial charge on any atom is 0.431 e. The second kappa shape index (κ2) is 6.88. The number of benzene rings is 1. The molecule has 0 spiro atoms. The molecule has 7 nitrogen and oxygen atoms in total. The summed E-state index contributed by atoms with van der Waals surface area (Å²) in [4.78, 5) is 27.5. The lowest BCUT2D eigenvalue weighted by molar-refractivity contribution is -0.144. The molecule has 1 amide bonds. The minimum absolute atomic E-state index is 0.0364. The number of primary amides is 1. The highest BCUT2D eigenvalue weighted by atomic mass is 35.5. The van der Waals surface area contributed by atoms with Crippen molar-refractivity contribution < 1.29 is 22.5 Å². The number of hydrogen-bond donors (Lipinski definition) is 1. The summed E-state index contributed by atoms with van der Waals surface area (Å²) in [6.07, 6.45) is -4.84. The lowest BCUT2D eigenvalue weighted by Crippen LogP contribution is -2.34. The Labute approximate surface area is 154 Å². The molecule has 0 fully saturated rings. The van der Waals surface area contributed by atoms with E-state index >= 15 is 0 Å². The van der Waals surface area contributed by atoms with Gasteiger partial charge in [-0.25, -0.2) is 0 Å². The smallest absolute Gasteiger partial charge is 0.365 e. The molecule has 1 aromatic carbocycles. The minimum Gasteiger partial charge on any atom is -0.365 e. The fourth-order valence-corrected chi connectivity index (χ4v) is 2.47. The molecule has 3 rings (SSSR count). The Bertz CT molecular complexity index is 1060. The Morgan fingerprint density at radius 1 is 1.19 bits per heavy atom. The van der Waals surface area contributed by atoms with Crippen LogP contribution in [0.1, 0.15) is 21.9 Å². The van der Waals surface area contributed by atoms with Gasteiger partial charge in [0.15, 0.2) is 5.82 Å². The summed E-state index contributed by atoms with van der Waals surface area (Å²) < 4.78 is 45.0. The molecule has 0 saturated carbocycles. The predicted molar refractivity (Wildman–Crippen MR) is 88.1 cm³/mol. The average molecular weight is 399 g/mol. The first kappa shape index (κ1) is 18.6. The Kier molecular flexibility index (Phi) is 4.75. The zero-order valence-corrected chi connectivity index (χ0v) is 14.1. The average Bonchev–Trinajstić information content (AvgIpc) is 3.04. The number of pyridine rings is 1. The van der Waals surface area contributed by atoms with E-state index in [2.05, 4.69) is 10.1 Å². The number of aromatic nitrogens is 3. The Balaban J connectivity index is 2.02. The third-order valence-corrected chi connectivity index (χ3v) is 3.84. The quantitative estimate of drug-likeness (QED) is 0.727. The third kappa shape index (κ3) is 3.85. The Morgan fingerprint density at radius 2 is 1.85 bits per heavy atom. The van der Waals surface area contributed by atoms with E-state index < -0.39 is 35.4 Å². The van der Waals surface area contributed by atoms with Gasteiger partial charge in [0.2, 0.25) is 0 Å². The van der Waals surface area contributed by atoms with Crippen molar-refractivity contribution in [2.45, 2.75) is 12.7 Å². The number of rotatable bonds is 4. The largest absolute Gasteiger partial charge is 0.431 e. The minimum atomic E-state index is -4.84. The van der Waals surface area contributed by atoms with E-state index in [-0.39, 0.29) is 11.7 Å². The molecule has 27 heavy (non-hydrogen) atoms. The summed E-state index contributed by atoms with van der Waals surface area (Å²) in [6.45, 7) is -0.661. The number of halogens is 4. The first-order chi connectivity index (χ1) is 12.7. The monoisotopic (exact) mass is 398 g/mol. The van der Waals surface area contributed by atoms with Crippen molar-refractivity contribution in [2.24, 2.45) is 5.73 Å². The third-order valence-electron chi connectivity index (χ3n) is 3.59. The SMILES string of the molecule is NC(=O)c1ccc(C(F)(F)F)n(Cc2noc(-c3ccc(Cl)cc3)n2)c1=O. The van der Waals surface area contributed by atoms with Gasteiger partial charge in [0.1, 0.15) is 11.3 Å². The zero-order chi connectivity index (χ0) is 19.8. The lowest BCUT2D eigenvalue weighted by Gasteiger charge is -2.14. The molecule has 0 aliphatic carbocycles. The van der Waals surface area contributed by atoms with Crippen LogP contribution >= 0.6 is 11.6 Å². The number of alkyl halides is 3. The maximum atomic E-state index is 13.2. The van der Waals surface area contributed by atoms with Crippen molar-refractivity contribution in [2.75, 3.05) is 0 Å². The van der Waals surface area contributed by atoms with Crippen molar-refractivity contribution in [3.63, 3.8) is 0 Å². The van der Waals surface area contributed by atoms with Gasteiger partial charge in [-0.3, -0.25) is 14.2 Å². The lowest BCUT2D eigenvalue weighted by atomic mass is 10.2. The highest BCUT2D eigenvalue weighted by Gasteiger charge is 2.35. The van der Waals surface area contributed by atoms with Crippen LogP contribution in [0.15, 0.2) is 45.7 Å². The number of hydrogen-bond acceptors (Lipinski definition) is 5. The molecule has 3 aromatic rings. The van der Waals surface area contributed by atoms with Crippen LogP contribution < -0.4 is 11.3 Å². The van der Waals surface area contributed by atoms with Crippen molar-refractivity contribution >= 4 is 17.5 Å². The summed E-state index contributed by atoms with van der Waals surface area (Å²) in [6, 6.07) is 7.65. The highest BCUT2D eigenvalue weighted by Crippen LogP contribution is 2.29. The number of nitrogens with two attached hydrogens (primary N) is 1. The van der Waals surface area contributed by atoms with Crippen molar-refractivity contribution in [1.82, 2.24) is 14.7 Å². The van der Waals surface area contributed by atoms with Gasteiger partial charge in [0.25, 0.3) is 17.4 Å². The van der Waals surface area contributed by atoms with E-state index in [1.165, 1.54) is 0 Å². The Morgan fingerprint density at radius 3 is 2.44 bits per heavy atom. The van der Waals surface area contributed by atoms with Gasteiger partial charge in [-0.1, -0.05) is 16.8 Å². The molecular formula is C16H10ClF3N4O3. The molecule has 11 heteroatoms. The van der Waals surface area contributed by atoms with Crippen LogP contribution in [-0.4, -0.2) is 20.6 Å². The highest BCUT2D eigenvalue weighted by molar-refractivity contribution is 6.30. The predicted octanol–water partition coefficient (Wildman–Crippen LogP) is 2.72. The van der Waals surface area contributed by atoms with E-state index in [9.17, 15) is 22.8 Å². The van der Waals surface area contributed by atoms with Crippen LogP contribution in [0.4, 0.5) is 13.2 Å². The molecular weight excluding hydrogens is 389 g/mol. The zero-order valence-electron chi connectivity index (χ0n) is 13.3. The summed E-state index contributed by atoms with van der Waals surface area (Å²) in [5.41, 5.74) is 2.48. The number of nitrogens with zero attached hydrogens (tertiary/aromatic N) is 3. The first-order valence-corrected chi connectivity index (χ1v) is 7.74. The van der Waals surface area contributed by atoms with Crippen molar-refractivity contribution in [1.29, 1.82) is 0 Å². The molecule has 0 atom stereocenters. The van der Waals surface area contributed by atoms with E-state index in [0.717, 1.165) is 6.07 Å². The fraction of sp³-hybridized carbons (Fsp3) is 0.125. The summed E-state index contributed by atoms with van der Waals surface area (Å²) >= 11 is 5.78. The molecule has 140 valence electrons. The van der Waals surface area contributed by atoms with Gasteiger partial charge >= 0.3 is 6.18 Å². The summed E-state index contributed by atoms with van der Waals surface area (Å²) in [5, 5.41) is 4.06. The van der Waals surface area contributed by atoms with Crippen LogP contribution in [0.2, 0.25) is 5.02 Å². The first-order valence-electron chi connectivity index (χ1n) is 7.36. The van der Waals surface area contributed by atoms with Crippen LogP contribution in [0.25, 0.3) is 11.5 Å². The molecule has 0 radical (unpaired) electrons. The van der Waals surface area contributed by atoms with Gasteiger partial charge in [0, 0.05) is 10.6 Å². The molecule has 0 saturated heterocycles. The van der Waals surface area contributed by atoms with Crippen molar-refractivity contribution in [3.8, 4) is 11.5 Å². The van der Waals surface area contributed by atoms with E-state index in [1.54, 1.807) is 24.3 Å². The maximum absolute atomic E-state index is 13.2. The molecule has 2 N–H and O–H groups in total. The normalized spacial score (nSPS) is 11.6. The van der Waals surface area contributed by atoms with Gasteiger partial charge in [-0.15, -0.1) is 0 Å². The molecule has 0 aliphatic rings. The van der Waals surface area contributed by atoms with Crippen LogP contribution in [0, 0.1) is 0 Å². The summed E-state index contributed by atoms with van der Waals surface area (Å²) in [5.74, 6) is -1.29.